The third-order valence-electron chi connectivity index (χ3n) is 4.39. The second-order valence-corrected chi connectivity index (χ2v) is 5.46. The summed E-state index contributed by atoms with van der Waals surface area (Å²) in [5, 5.41) is 0. The molecule has 0 amide bonds. The zero-order valence-corrected chi connectivity index (χ0v) is 10.3. The molecule has 1 fully saturated rings. The van der Waals surface area contributed by atoms with Crippen molar-refractivity contribution in [1.29, 1.82) is 0 Å². The van der Waals surface area contributed by atoms with Crippen LogP contribution >= 0.6 is 0 Å². The molecule has 2 unspecified atom stereocenters. The summed E-state index contributed by atoms with van der Waals surface area (Å²) in [6, 6.07) is 8.82. The van der Waals surface area contributed by atoms with Gasteiger partial charge in [0, 0.05) is 6.04 Å². The maximum atomic E-state index is 6.33. The van der Waals surface area contributed by atoms with Crippen molar-refractivity contribution < 1.29 is 4.74 Å². The standard InChI is InChI=1S/C15H21NO/c16-14(11-4-3-5-11)10-12-8-9-17-15-7-2-1-6-13(12)15/h1-2,6-7,11-12,14H,3-5,8-10,16H2. The molecule has 0 spiro atoms. The van der Waals surface area contributed by atoms with E-state index in [0.29, 0.717) is 12.0 Å². The molecule has 92 valence electrons. The van der Waals surface area contributed by atoms with Crippen LogP contribution < -0.4 is 10.5 Å². The zero-order valence-electron chi connectivity index (χ0n) is 10.3. The van der Waals surface area contributed by atoms with Crippen molar-refractivity contribution in [1.82, 2.24) is 0 Å². The molecule has 0 saturated heterocycles. The average molecular weight is 231 g/mol. The quantitative estimate of drug-likeness (QED) is 0.867. The van der Waals surface area contributed by atoms with Crippen molar-refractivity contribution >= 4 is 0 Å². The van der Waals surface area contributed by atoms with Crippen molar-refractivity contribution in [2.24, 2.45) is 11.7 Å². The van der Waals surface area contributed by atoms with Gasteiger partial charge >= 0.3 is 0 Å². The lowest BCUT2D eigenvalue weighted by Crippen LogP contribution is -2.36. The Morgan fingerprint density at radius 3 is 2.82 bits per heavy atom. The summed E-state index contributed by atoms with van der Waals surface area (Å²) >= 11 is 0. The van der Waals surface area contributed by atoms with Crippen molar-refractivity contribution in [3.8, 4) is 5.75 Å². The van der Waals surface area contributed by atoms with Crippen LogP contribution in [-0.2, 0) is 0 Å². The van der Waals surface area contributed by atoms with E-state index in [1.54, 1.807) is 0 Å². The van der Waals surface area contributed by atoms with Gasteiger partial charge in [0.05, 0.1) is 6.61 Å². The van der Waals surface area contributed by atoms with Gasteiger partial charge in [-0.1, -0.05) is 24.6 Å². The Balaban J connectivity index is 1.71. The molecule has 0 aromatic heterocycles. The first-order valence-corrected chi connectivity index (χ1v) is 6.82. The number of ether oxygens (including phenoxy) is 1. The molecular formula is C15H21NO. The molecule has 2 atom stereocenters. The minimum Gasteiger partial charge on any atom is -0.493 e. The number of hydrogen-bond donors (Lipinski definition) is 1. The normalized spacial score (nSPS) is 25.6. The molecule has 1 aromatic rings. The molecule has 1 heterocycles. The van der Waals surface area contributed by atoms with Gasteiger partial charge in [-0.3, -0.25) is 0 Å². The maximum Gasteiger partial charge on any atom is 0.122 e. The van der Waals surface area contributed by atoms with Crippen LogP contribution in [0.5, 0.6) is 5.75 Å². The third-order valence-corrected chi connectivity index (χ3v) is 4.39. The van der Waals surface area contributed by atoms with Gasteiger partial charge in [0.15, 0.2) is 0 Å². The Labute approximate surface area is 103 Å². The van der Waals surface area contributed by atoms with Crippen LogP contribution in [0.1, 0.15) is 43.6 Å². The molecule has 1 aromatic carbocycles. The minimum absolute atomic E-state index is 0.389. The molecule has 2 aliphatic rings. The summed E-state index contributed by atoms with van der Waals surface area (Å²) < 4.78 is 5.70. The van der Waals surface area contributed by atoms with E-state index in [1.807, 2.05) is 6.07 Å². The lowest BCUT2D eigenvalue weighted by molar-refractivity contribution is 0.218. The van der Waals surface area contributed by atoms with Crippen LogP contribution in [0.15, 0.2) is 24.3 Å². The lowest BCUT2D eigenvalue weighted by Gasteiger charge is -2.35. The first kappa shape index (κ1) is 11.1. The van der Waals surface area contributed by atoms with E-state index in [-0.39, 0.29) is 0 Å². The van der Waals surface area contributed by atoms with Gasteiger partial charge in [0.25, 0.3) is 0 Å². The average Bonchev–Trinajstić information content (AvgIpc) is 2.27. The molecule has 2 N–H and O–H groups in total. The highest BCUT2D eigenvalue weighted by atomic mass is 16.5. The Bertz CT molecular complexity index is 386. The fraction of sp³-hybridized carbons (Fsp3) is 0.600. The van der Waals surface area contributed by atoms with Gasteiger partial charge in [0.1, 0.15) is 5.75 Å². The SMILES string of the molecule is NC(CC1CCOc2ccccc21)C1CCC1. The second kappa shape index (κ2) is 4.69. The highest BCUT2D eigenvalue weighted by Gasteiger charge is 2.29. The summed E-state index contributed by atoms with van der Waals surface area (Å²) in [5.74, 6) is 2.46. The molecule has 0 bridgehead atoms. The largest absolute Gasteiger partial charge is 0.493 e. The molecule has 1 aliphatic heterocycles. The molecule has 1 saturated carbocycles. The summed E-state index contributed by atoms with van der Waals surface area (Å²) in [7, 11) is 0. The van der Waals surface area contributed by atoms with Crippen molar-refractivity contribution in [3.63, 3.8) is 0 Å². The van der Waals surface area contributed by atoms with Gasteiger partial charge in [-0.25, -0.2) is 0 Å². The first-order chi connectivity index (χ1) is 8.34. The van der Waals surface area contributed by atoms with Crippen LogP contribution in [0.3, 0.4) is 0 Å². The van der Waals surface area contributed by atoms with Crippen LogP contribution in [0.4, 0.5) is 0 Å². The van der Waals surface area contributed by atoms with Gasteiger partial charge < -0.3 is 10.5 Å². The van der Waals surface area contributed by atoms with E-state index in [2.05, 4.69) is 18.2 Å². The van der Waals surface area contributed by atoms with E-state index >= 15 is 0 Å². The maximum absolute atomic E-state index is 6.33. The number of nitrogens with two attached hydrogens (primary N) is 1. The number of para-hydroxylation sites is 1. The second-order valence-electron chi connectivity index (χ2n) is 5.46. The molecule has 17 heavy (non-hydrogen) atoms. The molecule has 3 rings (SSSR count). The molecule has 2 nitrogen and oxygen atoms in total. The lowest BCUT2D eigenvalue weighted by atomic mass is 9.75. The highest BCUT2D eigenvalue weighted by Crippen LogP contribution is 2.39. The Kier molecular flexibility index (Phi) is 3.06. The van der Waals surface area contributed by atoms with E-state index in [9.17, 15) is 0 Å². The number of fused-ring (bicyclic) bond motifs is 1. The van der Waals surface area contributed by atoms with E-state index < -0.39 is 0 Å². The summed E-state index contributed by atoms with van der Waals surface area (Å²) in [6.07, 6.45) is 6.31. The van der Waals surface area contributed by atoms with Crippen molar-refractivity contribution in [2.45, 2.75) is 44.1 Å². The summed E-state index contributed by atoms with van der Waals surface area (Å²) in [5.41, 5.74) is 7.70. The van der Waals surface area contributed by atoms with Crippen molar-refractivity contribution in [3.05, 3.63) is 29.8 Å². The number of benzene rings is 1. The Morgan fingerprint density at radius 1 is 1.24 bits per heavy atom. The van der Waals surface area contributed by atoms with E-state index in [1.165, 1.54) is 24.8 Å². The predicted octanol–water partition coefficient (Wildman–Crippen LogP) is 3.07. The summed E-state index contributed by atoms with van der Waals surface area (Å²) in [6.45, 7) is 0.846. The van der Waals surface area contributed by atoms with Crippen molar-refractivity contribution in [2.75, 3.05) is 6.61 Å². The van der Waals surface area contributed by atoms with E-state index in [4.69, 9.17) is 10.5 Å². The Morgan fingerprint density at radius 2 is 2.06 bits per heavy atom. The molecule has 2 heteroatoms. The predicted molar refractivity (Wildman–Crippen MR) is 69.2 cm³/mol. The molecule has 0 radical (unpaired) electrons. The fourth-order valence-electron chi connectivity index (χ4n) is 3.05. The fourth-order valence-corrected chi connectivity index (χ4v) is 3.05. The molecule has 1 aliphatic carbocycles. The Hall–Kier alpha value is -1.02. The monoisotopic (exact) mass is 231 g/mol. The zero-order chi connectivity index (χ0) is 11.7. The van der Waals surface area contributed by atoms with Crippen LogP contribution in [0.2, 0.25) is 0 Å². The van der Waals surface area contributed by atoms with E-state index in [0.717, 1.165) is 31.1 Å². The van der Waals surface area contributed by atoms with Crippen LogP contribution in [-0.4, -0.2) is 12.6 Å². The summed E-state index contributed by atoms with van der Waals surface area (Å²) in [4.78, 5) is 0. The van der Waals surface area contributed by atoms with Crippen LogP contribution in [0.25, 0.3) is 0 Å². The third kappa shape index (κ3) is 2.19. The minimum atomic E-state index is 0.389. The van der Waals surface area contributed by atoms with Crippen LogP contribution in [0, 0.1) is 5.92 Å². The first-order valence-electron chi connectivity index (χ1n) is 6.82. The number of rotatable bonds is 3. The topological polar surface area (TPSA) is 35.2 Å². The van der Waals surface area contributed by atoms with Gasteiger partial charge in [-0.2, -0.15) is 0 Å². The van der Waals surface area contributed by atoms with Gasteiger partial charge in [-0.05, 0) is 49.1 Å². The smallest absolute Gasteiger partial charge is 0.122 e. The highest BCUT2D eigenvalue weighted by molar-refractivity contribution is 5.37. The number of hydrogen-bond acceptors (Lipinski definition) is 2. The van der Waals surface area contributed by atoms with Gasteiger partial charge in [0.2, 0.25) is 0 Å². The molecular weight excluding hydrogens is 210 g/mol. The van der Waals surface area contributed by atoms with Gasteiger partial charge in [-0.15, -0.1) is 0 Å².